The number of rotatable bonds is 4. The van der Waals surface area contributed by atoms with Gasteiger partial charge in [-0.15, -0.1) is 0 Å². The maximum atomic E-state index is 11.9. The van der Waals surface area contributed by atoms with Gasteiger partial charge in [-0.05, 0) is 70.1 Å². The molecule has 27 heavy (non-hydrogen) atoms. The highest BCUT2D eigenvalue weighted by atomic mass is 16.6. The van der Waals surface area contributed by atoms with Crippen LogP contribution in [-0.2, 0) is 4.74 Å². The van der Waals surface area contributed by atoms with Crippen molar-refractivity contribution in [2.75, 3.05) is 13.7 Å². The molecule has 1 spiro atoms. The molecule has 2 aliphatic carbocycles. The van der Waals surface area contributed by atoms with Crippen LogP contribution in [0, 0.1) is 0 Å². The highest BCUT2D eigenvalue weighted by Gasteiger charge is 2.49. The van der Waals surface area contributed by atoms with Gasteiger partial charge in [0.25, 0.3) is 0 Å². The normalized spacial score (nSPS) is 28.4. The van der Waals surface area contributed by atoms with E-state index < -0.39 is 0 Å². The van der Waals surface area contributed by atoms with E-state index in [1.807, 2.05) is 6.07 Å². The quantitative estimate of drug-likeness (QED) is 0.779. The number of hydrogen-bond donors (Lipinski definition) is 1. The van der Waals surface area contributed by atoms with Crippen LogP contribution in [0.5, 0.6) is 11.5 Å². The predicted octanol–water partition coefficient (Wildman–Crippen LogP) is 4.71. The maximum absolute atomic E-state index is 11.9. The van der Waals surface area contributed by atoms with Crippen molar-refractivity contribution >= 4 is 6.09 Å². The van der Waals surface area contributed by atoms with Crippen LogP contribution in [0.15, 0.2) is 29.3 Å². The number of benzene rings is 1. The van der Waals surface area contributed by atoms with Gasteiger partial charge in [-0.1, -0.05) is 17.2 Å². The van der Waals surface area contributed by atoms with E-state index in [4.69, 9.17) is 14.2 Å². The van der Waals surface area contributed by atoms with Crippen LogP contribution in [-0.4, -0.2) is 31.5 Å². The molecule has 0 bridgehead atoms. The molecule has 3 aliphatic rings. The van der Waals surface area contributed by atoms with E-state index in [1.54, 1.807) is 7.11 Å². The van der Waals surface area contributed by atoms with Gasteiger partial charge in [0.1, 0.15) is 6.61 Å². The van der Waals surface area contributed by atoms with Crippen LogP contribution < -0.4 is 14.8 Å². The molecule has 1 saturated carbocycles. The van der Waals surface area contributed by atoms with E-state index in [9.17, 15) is 4.79 Å². The number of alkyl carbamates (subject to hydrolysis) is 1. The molecule has 2 atom stereocenters. The van der Waals surface area contributed by atoms with Crippen molar-refractivity contribution in [3.05, 3.63) is 34.9 Å². The molecule has 5 nitrogen and oxygen atoms in total. The molecule has 0 aromatic heterocycles. The Kier molecular flexibility index (Phi) is 4.79. The summed E-state index contributed by atoms with van der Waals surface area (Å²) in [6.45, 7) is 4.75. The fraction of sp³-hybridized carbons (Fsp3) is 0.591. The Labute approximate surface area is 161 Å². The number of carbonyl (C=O) groups is 1. The largest absolute Gasteiger partial charge is 0.493 e. The minimum absolute atomic E-state index is 0.157. The van der Waals surface area contributed by atoms with Crippen LogP contribution in [0.4, 0.5) is 4.79 Å². The summed E-state index contributed by atoms with van der Waals surface area (Å²) < 4.78 is 17.2. The molecule has 1 N–H and O–H groups in total. The summed E-state index contributed by atoms with van der Waals surface area (Å²) in [5.41, 5.74) is 3.52. The van der Waals surface area contributed by atoms with Gasteiger partial charge in [0.15, 0.2) is 11.5 Å². The van der Waals surface area contributed by atoms with Crippen LogP contribution in [0.2, 0.25) is 0 Å². The zero-order chi connectivity index (χ0) is 19.0. The number of allylic oxidation sites excluding steroid dienone is 1. The van der Waals surface area contributed by atoms with Gasteiger partial charge in [-0.2, -0.15) is 0 Å². The lowest BCUT2D eigenvalue weighted by atomic mass is 9.68. The predicted molar refractivity (Wildman–Crippen MR) is 103 cm³/mol. The Morgan fingerprint density at radius 1 is 1.15 bits per heavy atom. The average Bonchev–Trinajstić information content (AvgIpc) is 3.28. The molecule has 1 heterocycles. The molecule has 146 valence electrons. The third-order valence-electron chi connectivity index (χ3n) is 6.48. The molecular weight excluding hydrogens is 342 g/mol. The van der Waals surface area contributed by atoms with Crippen LogP contribution in [0.1, 0.15) is 63.9 Å². The van der Waals surface area contributed by atoms with E-state index in [0.717, 1.165) is 37.2 Å². The van der Waals surface area contributed by atoms with Crippen LogP contribution in [0.3, 0.4) is 0 Å². The first-order valence-electron chi connectivity index (χ1n) is 9.95. The topological polar surface area (TPSA) is 56.8 Å². The summed E-state index contributed by atoms with van der Waals surface area (Å²) in [5, 5.41) is 3.12. The second-order valence-corrected chi connectivity index (χ2v) is 8.29. The Morgan fingerprint density at radius 2 is 1.93 bits per heavy atom. The first-order chi connectivity index (χ1) is 13.0. The summed E-state index contributed by atoms with van der Waals surface area (Å²) in [6.07, 6.45) is 6.34. The molecule has 1 aromatic carbocycles. The smallest absolute Gasteiger partial charge is 0.407 e. The number of methoxy groups -OCH3 is 1. The van der Waals surface area contributed by atoms with Crippen molar-refractivity contribution in [2.45, 2.75) is 69.9 Å². The monoisotopic (exact) mass is 371 g/mol. The van der Waals surface area contributed by atoms with Crippen LogP contribution in [0.25, 0.3) is 0 Å². The van der Waals surface area contributed by atoms with Gasteiger partial charge in [-0.25, -0.2) is 4.79 Å². The molecular formula is C22H29NO4. The second-order valence-electron chi connectivity index (χ2n) is 8.29. The Bertz CT molecular complexity index is 766. The van der Waals surface area contributed by atoms with Crippen LogP contribution >= 0.6 is 0 Å². The zero-order valence-electron chi connectivity index (χ0n) is 16.5. The van der Waals surface area contributed by atoms with E-state index >= 15 is 0 Å². The van der Waals surface area contributed by atoms with Gasteiger partial charge in [-0.3, -0.25) is 0 Å². The first kappa shape index (κ1) is 18.2. The number of amides is 1. The first-order valence-corrected chi connectivity index (χ1v) is 9.95. The van der Waals surface area contributed by atoms with E-state index in [0.29, 0.717) is 6.61 Å². The Balaban J connectivity index is 1.69. The number of nitrogens with one attached hydrogen (secondary N) is 1. The Hall–Kier alpha value is -2.17. The minimum Gasteiger partial charge on any atom is -0.493 e. The van der Waals surface area contributed by atoms with Crippen molar-refractivity contribution < 1.29 is 19.0 Å². The lowest BCUT2D eigenvalue weighted by Crippen LogP contribution is -2.50. The molecule has 1 saturated heterocycles. The highest BCUT2D eigenvalue weighted by molar-refractivity contribution is 5.71. The number of hydrogen-bond acceptors (Lipinski definition) is 4. The summed E-state index contributed by atoms with van der Waals surface area (Å²) in [6, 6.07) is 6.21. The molecule has 1 aliphatic heterocycles. The lowest BCUT2D eigenvalue weighted by molar-refractivity contribution is 0.166. The molecule has 2 fully saturated rings. The standard InChI is InChI=1S/C22H29NO4/c1-14-10-18(22(12-15(14)2)13-26-21(24)23-22)16-8-9-19(25-3)20(11-16)27-17-6-4-5-7-17/h8-9,11,17-18H,4-7,10,12-13H2,1-3H3,(H,23,24). The molecule has 1 amide bonds. The summed E-state index contributed by atoms with van der Waals surface area (Å²) in [7, 11) is 1.68. The molecule has 1 aromatic rings. The van der Waals surface area contributed by atoms with Gasteiger partial charge < -0.3 is 19.5 Å². The van der Waals surface area contributed by atoms with Gasteiger partial charge in [0, 0.05) is 5.92 Å². The van der Waals surface area contributed by atoms with E-state index in [-0.39, 0.29) is 23.7 Å². The number of carbonyl (C=O) groups excluding carboxylic acids is 1. The summed E-state index contributed by atoms with van der Waals surface area (Å²) in [5.74, 6) is 1.74. The van der Waals surface area contributed by atoms with E-state index in [1.165, 1.54) is 29.6 Å². The lowest BCUT2D eigenvalue weighted by Gasteiger charge is -2.41. The highest BCUT2D eigenvalue weighted by Crippen LogP contribution is 2.47. The van der Waals surface area contributed by atoms with E-state index in [2.05, 4.69) is 31.3 Å². The average molecular weight is 371 g/mol. The summed E-state index contributed by atoms with van der Waals surface area (Å²) in [4.78, 5) is 11.9. The van der Waals surface area contributed by atoms with Crippen molar-refractivity contribution in [3.63, 3.8) is 0 Å². The fourth-order valence-electron chi connectivity index (χ4n) is 4.80. The number of cyclic esters (lactones) is 1. The summed E-state index contributed by atoms with van der Waals surface area (Å²) >= 11 is 0. The molecule has 5 heteroatoms. The second kappa shape index (κ2) is 7.10. The molecule has 0 radical (unpaired) electrons. The third kappa shape index (κ3) is 3.40. The third-order valence-corrected chi connectivity index (χ3v) is 6.48. The Morgan fingerprint density at radius 3 is 2.59 bits per heavy atom. The fourth-order valence-corrected chi connectivity index (χ4v) is 4.80. The van der Waals surface area contributed by atoms with Crippen molar-refractivity contribution in [1.29, 1.82) is 0 Å². The maximum Gasteiger partial charge on any atom is 0.407 e. The molecule has 4 rings (SSSR count). The van der Waals surface area contributed by atoms with Crippen molar-refractivity contribution in [2.24, 2.45) is 0 Å². The molecule has 2 unspecified atom stereocenters. The SMILES string of the molecule is COc1ccc(C2CC(C)=C(C)CC23COC(=O)N3)cc1OC1CCCC1. The van der Waals surface area contributed by atoms with Gasteiger partial charge in [0.05, 0.1) is 18.8 Å². The van der Waals surface area contributed by atoms with Gasteiger partial charge in [0.2, 0.25) is 0 Å². The number of ether oxygens (including phenoxy) is 3. The van der Waals surface area contributed by atoms with Crippen molar-refractivity contribution in [1.82, 2.24) is 5.32 Å². The zero-order valence-corrected chi connectivity index (χ0v) is 16.5. The minimum atomic E-state index is -0.375. The van der Waals surface area contributed by atoms with Crippen molar-refractivity contribution in [3.8, 4) is 11.5 Å². The van der Waals surface area contributed by atoms with Gasteiger partial charge >= 0.3 is 6.09 Å².